The smallest absolute Gasteiger partial charge is 0.301 e. The number of hydrogen-bond donors (Lipinski definition) is 1. The van der Waals surface area contributed by atoms with Crippen molar-refractivity contribution in [3.8, 4) is 0 Å². The van der Waals surface area contributed by atoms with Gasteiger partial charge < -0.3 is 10.0 Å². The molecule has 3 rings (SSSR count). The van der Waals surface area contributed by atoms with Gasteiger partial charge in [-0.1, -0.05) is 30.3 Å². The first-order chi connectivity index (χ1) is 11.0. The molecule has 0 atom stereocenters. The van der Waals surface area contributed by atoms with E-state index in [2.05, 4.69) is 0 Å². The van der Waals surface area contributed by atoms with E-state index in [1.54, 1.807) is 42.5 Å². The predicted molar refractivity (Wildman–Crippen MR) is 89.3 cm³/mol. The molecule has 0 fully saturated rings. The maximum atomic E-state index is 12.6. The Morgan fingerprint density at radius 2 is 1.48 bits per heavy atom. The number of rotatable bonds is 3. The second-order valence-electron chi connectivity index (χ2n) is 5.45. The summed E-state index contributed by atoms with van der Waals surface area (Å²) in [7, 11) is 3.81. The zero-order valence-corrected chi connectivity index (χ0v) is 12.9. The minimum absolute atomic E-state index is 0.0345. The highest BCUT2D eigenvalue weighted by Gasteiger charge is 2.40. The highest BCUT2D eigenvalue weighted by atomic mass is 16.3. The summed E-state index contributed by atoms with van der Waals surface area (Å²) in [4.78, 5) is 27.8. The lowest BCUT2D eigenvalue weighted by atomic mass is 10.1. The molecule has 2 aromatic rings. The van der Waals surface area contributed by atoms with Gasteiger partial charge in [0.05, 0.1) is 11.3 Å². The van der Waals surface area contributed by atoms with Crippen molar-refractivity contribution in [2.45, 2.75) is 0 Å². The molecule has 1 heterocycles. The molecule has 0 radical (unpaired) electrons. The van der Waals surface area contributed by atoms with Gasteiger partial charge in [-0.3, -0.25) is 9.59 Å². The topological polar surface area (TPSA) is 60.9 Å². The molecule has 23 heavy (non-hydrogen) atoms. The summed E-state index contributed by atoms with van der Waals surface area (Å²) >= 11 is 0. The second kappa shape index (κ2) is 5.61. The largest absolute Gasteiger partial charge is 0.502 e. The highest BCUT2D eigenvalue weighted by molar-refractivity contribution is 6.44. The number of aliphatic hydroxyl groups is 1. The molecule has 0 saturated heterocycles. The maximum absolute atomic E-state index is 12.6. The van der Waals surface area contributed by atoms with Crippen molar-refractivity contribution in [3.05, 3.63) is 65.9 Å². The molecule has 2 aromatic carbocycles. The van der Waals surface area contributed by atoms with E-state index in [1.807, 2.05) is 31.1 Å². The van der Waals surface area contributed by atoms with Crippen molar-refractivity contribution in [2.24, 2.45) is 0 Å². The van der Waals surface area contributed by atoms with Crippen LogP contribution >= 0.6 is 0 Å². The van der Waals surface area contributed by atoms with E-state index < -0.39 is 17.6 Å². The molecular formula is C18H16N2O3. The fraction of sp³-hybridized carbons (Fsp3) is 0.111. The van der Waals surface area contributed by atoms with Crippen molar-refractivity contribution in [1.29, 1.82) is 0 Å². The summed E-state index contributed by atoms with van der Waals surface area (Å²) in [6.45, 7) is 0. The number of anilines is 2. The van der Waals surface area contributed by atoms with E-state index in [1.165, 1.54) is 0 Å². The van der Waals surface area contributed by atoms with Crippen molar-refractivity contribution >= 4 is 28.8 Å². The average molecular weight is 308 g/mol. The molecule has 0 spiro atoms. The molecule has 0 aromatic heterocycles. The normalized spacial score (nSPS) is 14.6. The standard InChI is InChI=1S/C18H16N2O3/c1-19(2)13-8-10-14(11-9-13)20-17(22)15(16(21)18(20)23)12-6-4-3-5-7-12/h3-11,21H,1-2H3. The molecule has 5 heteroatoms. The molecule has 0 bridgehead atoms. The van der Waals surface area contributed by atoms with Gasteiger partial charge in [0.15, 0.2) is 5.76 Å². The Balaban J connectivity index is 1.98. The van der Waals surface area contributed by atoms with Crippen LogP contribution in [0.15, 0.2) is 60.4 Å². The molecule has 5 nitrogen and oxygen atoms in total. The lowest BCUT2D eigenvalue weighted by Gasteiger charge is -2.17. The number of carbonyl (C=O) groups is 2. The van der Waals surface area contributed by atoms with Crippen molar-refractivity contribution in [2.75, 3.05) is 23.9 Å². The van der Waals surface area contributed by atoms with Crippen molar-refractivity contribution in [3.63, 3.8) is 0 Å². The molecule has 0 aliphatic carbocycles. The fourth-order valence-corrected chi connectivity index (χ4v) is 2.52. The Labute approximate surface area is 134 Å². The van der Waals surface area contributed by atoms with Crippen LogP contribution in [0.2, 0.25) is 0 Å². The first kappa shape index (κ1) is 14.8. The molecule has 0 unspecified atom stereocenters. The SMILES string of the molecule is CN(C)c1ccc(N2C(=O)C(O)=C(c3ccccc3)C2=O)cc1. The van der Waals surface area contributed by atoms with E-state index in [4.69, 9.17) is 0 Å². The Morgan fingerprint density at radius 3 is 2.04 bits per heavy atom. The lowest BCUT2D eigenvalue weighted by Crippen LogP contribution is -2.31. The summed E-state index contributed by atoms with van der Waals surface area (Å²) in [6.07, 6.45) is 0. The third kappa shape index (κ3) is 2.46. The quantitative estimate of drug-likeness (QED) is 0.885. The van der Waals surface area contributed by atoms with Gasteiger partial charge in [-0.05, 0) is 29.8 Å². The predicted octanol–water partition coefficient (Wildman–Crippen LogP) is 2.60. The summed E-state index contributed by atoms with van der Waals surface area (Å²) < 4.78 is 0. The summed E-state index contributed by atoms with van der Waals surface area (Å²) in [5.41, 5.74) is 1.94. The second-order valence-corrected chi connectivity index (χ2v) is 5.45. The summed E-state index contributed by atoms with van der Waals surface area (Å²) in [5, 5.41) is 10.1. The van der Waals surface area contributed by atoms with Crippen LogP contribution in [0.3, 0.4) is 0 Å². The van der Waals surface area contributed by atoms with Crippen LogP contribution < -0.4 is 9.80 Å². The van der Waals surface area contributed by atoms with E-state index >= 15 is 0 Å². The lowest BCUT2D eigenvalue weighted by molar-refractivity contribution is -0.121. The first-order valence-corrected chi connectivity index (χ1v) is 7.15. The Kier molecular flexibility index (Phi) is 3.62. The molecule has 1 aliphatic rings. The number of benzene rings is 2. The Morgan fingerprint density at radius 1 is 0.870 bits per heavy atom. The first-order valence-electron chi connectivity index (χ1n) is 7.15. The van der Waals surface area contributed by atoms with Gasteiger partial charge in [0.2, 0.25) is 0 Å². The van der Waals surface area contributed by atoms with Crippen LogP contribution in [0.5, 0.6) is 0 Å². The van der Waals surface area contributed by atoms with Gasteiger partial charge in [0.25, 0.3) is 5.91 Å². The van der Waals surface area contributed by atoms with E-state index in [0.717, 1.165) is 10.6 Å². The summed E-state index contributed by atoms with van der Waals surface area (Å²) in [5.74, 6) is -1.74. The maximum Gasteiger partial charge on any atom is 0.301 e. The average Bonchev–Trinajstić information content (AvgIpc) is 2.78. The molecule has 116 valence electrons. The molecule has 0 saturated carbocycles. The molecule has 1 aliphatic heterocycles. The van der Waals surface area contributed by atoms with Crippen LogP contribution in [0.25, 0.3) is 5.57 Å². The van der Waals surface area contributed by atoms with Crippen molar-refractivity contribution < 1.29 is 14.7 Å². The van der Waals surface area contributed by atoms with Crippen molar-refractivity contribution in [1.82, 2.24) is 0 Å². The third-order valence-electron chi connectivity index (χ3n) is 3.75. The van der Waals surface area contributed by atoms with E-state index in [9.17, 15) is 14.7 Å². The highest BCUT2D eigenvalue weighted by Crippen LogP contribution is 2.32. The zero-order valence-electron chi connectivity index (χ0n) is 12.9. The van der Waals surface area contributed by atoms with Gasteiger partial charge in [-0.25, -0.2) is 4.90 Å². The van der Waals surface area contributed by atoms with Gasteiger partial charge in [-0.15, -0.1) is 0 Å². The number of hydrogen-bond acceptors (Lipinski definition) is 4. The summed E-state index contributed by atoms with van der Waals surface area (Å²) in [6, 6.07) is 15.7. The number of imide groups is 1. The van der Waals surface area contributed by atoms with Crippen LogP contribution in [0, 0.1) is 0 Å². The zero-order chi connectivity index (χ0) is 16.6. The molecular weight excluding hydrogens is 292 g/mol. The minimum atomic E-state index is -0.702. The van der Waals surface area contributed by atoms with Gasteiger partial charge >= 0.3 is 5.91 Å². The van der Waals surface area contributed by atoms with Crippen LogP contribution in [-0.4, -0.2) is 31.0 Å². The van der Waals surface area contributed by atoms with Crippen LogP contribution in [0.1, 0.15) is 5.56 Å². The Hall–Kier alpha value is -3.08. The number of aliphatic hydroxyl groups excluding tert-OH is 1. The number of amides is 2. The number of nitrogens with zero attached hydrogens (tertiary/aromatic N) is 2. The van der Waals surface area contributed by atoms with E-state index in [-0.39, 0.29) is 5.57 Å². The van der Waals surface area contributed by atoms with E-state index in [0.29, 0.717) is 11.3 Å². The fourth-order valence-electron chi connectivity index (χ4n) is 2.52. The Bertz CT molecular complexity index is 793. The van der Waals surface area contributed by atoms with Crippen LogP contribution in [-0.2, 0) is 9.59 Å². The molecule has 1 N–H and O–H groups in total. The van der Waals surface area contributed by atoms with Gasteiger partial charge in [-0.2, -0.15) is 0 Å². The van der Waals surface area contributed by atoms with Gasteiger partial charge in [0, 0.05) is 19.8 Å². The third-order valence-corrected chi connectivity index (χ3v) is 3.75. The number of carbonyl (C=O) groups excluding carboxylic acids is 2. The monoisotopic (exact) mass is 308 g/mol. The van der Waals surface area contributed by atoms with Gasteiger partial charge in [0.1, 0.15) is 0 Å². The molecule has 2 amide bonds. The minimum Gasteiger partial charge on any atom is -0.502 e. The van der Waals surface area contributed by atoms with Crippen LogP contribution in [0.4, 0.5) is 11.4 Å².